The van der Waals surface area contributed by atoms with Gasteiger partial charge in [-0.15, -0.1) is 5.10 Å². The molecule has 1 aliphatic rings. The number of benzene rings is 1. The lowest BCUT2D eigenvalue weighted by atomic mass is 9.78. The van der Waals surface area contributed by atoms with Crippen molar-refractivity contribution < 1.29 is 4.79 Å². The van der Waals surface area contributed by atoms with Crippen LogP contribution in [0, 0.1) is 0 Å². The standard InChI is InChI=1S/C21H31N5O/c1-5-7-17-18(19(27)23-14-21(22)12-6-13-21)24-25-26(17)16-10-8-15(9-11-16)20(2,3)4/h8-11H,5-7,12-14,22H2,1-4H3,(H,23,27). The number of carbonyl (C=O) groups excluding carboxylic acids is 1. The van der Waals surface area contributed by atoms with Gasteiger partial charge < -0.3 is 11.1 Å². The summed E-state index contributed by atoms with van der Waals surface area (Å²) in [6, 6.07) is 8.31. The third-order valence-electron chi connectivity index (χ3n) is 5.39. The topological polar surface area (TPSA) is 85.8 Å². The smallest absolute Gasteiger partial charge is 0.273 e. The van der Waals surface area contributed by atoms with Crippen LogP contribution in [-0.2, 0) is 11.8 Å². The van der Waals surface area contributed by atoms with Crippen LogP contribution in [0.4, 0.5) is 0 Å². The molecular formula is C21H31N5O. The number of rotatable bonds is 6. The molecule has 0 saturated heterocycles. The largest absolute Gasteiger partial charge is 0.349 e. The molecule has 3 N–H and O–H groups in total. The number of amides is 1. The van der Waals surface area contributed by atoms with Crippen molar-refractivity contribution in [2.45, 2.75) is 70.8 Å². The van der Waals surface area contributed by atoms with Crippen LogP contribution in [0.3, 0.4) is 0 Å². The molecule has 146 valence electrons. The number of nitrogens with one attached hydrogen (secondary N) is 1. The summed E-state index contributed by atoms with van der Waals surface area (Å²) in [5, 5.41) is 11.4. The first-order valence-corrected chi connectivity index (χ1v) is 9.86. The Kier molecular flexibility index (Phi) is 5.38. The van der Waals surface area contributed by atoms with Gasteiger partial charge in [0.15, 0.2) is 5.69 Å². The minimum absolute atomic E-state index is 0.0951. The summed E-state index contributed by atoms with van der Waals surface area (Å²) in [4.78, 5) is 12.7. The van der Waals surface area contributed by atoms with Crippen LogP contribution < -0.4 is 11.1 Å². The Morgan fingerprint density at radius 3 is 2.44 bits per heavy atom. The van der Waals surface area contributed by atoms with Gasteiger partial charge in [-0.05, 0) is 48.8 Å². The normalized spacial score (nSPS) is 16.0. The highest BCUT2D eigenvalue weighted by Crippen LogP contribution is 2.28. The van der Waals surface area contributed by atoms with Crippen molar-refractivity contribution in [3.63, 3.8) is 0 Å². The second-order valence-corrected chi connectivity index (χ2v) is 8.74. The second-order valence-electron chi connectivity index (χ2n) is 8.74. The number of aromatic nitrogens is 3. The van der Waals surface area contributed by atoms with E-state index in [4.69, 9.17) is 5.73 Å². The van der Waals surface area contributed by atoms with E-state index in [-0.39, 0.29) is 16.9 Å². The summed E-state index contributed by atoms with van der Waals surface area (Å²) >= 11 is 0. The van der Waals surface area contributed by atoms with Crippen molar-refractivity contribution in [3.05, 3.63) is 41.2 Å². The Hall–Kier alpha value is -2.21. The Morgan fingerprint density at radius 2 is 1.93 bits per heavy atom. The van der Waals surface area contributed by atoms with Crippen LogP contribution in [-0.4, -0.2) is 33.0 Å². The molecule has 1 aromatic heterocycles. The highest BCUT2D eigenvalue weighted by Gasteiger charge is 2.33. The van der Waals surface area contributed by atoms with E-state index in [1.165, 1.54) is 5.56 Å². The highest BCUT2D eigenvalue weighted by atomic mass is 16.2. The maximum Gasteiger partial charge on any atom is 0.273 e. The van der Waals surface area contributed by atoms with Crippen LogP contribution in [0.25, 0.3) is 5.69 Å². The van der Waals surface area contributed by atoms with Crippen LogP contribution in [0.2, 0.25) is 0 Å². The van der Waals surface area contributed by atoms with Crippen molar-refractivity contribution in [1.82, 2.24) is 20.3 Å². The Bertz CT molecular complexity index is 797. The van der Waals surface area contributed by atoms with Crippen LogP contribution >= 0.6 is 0 Å². The number of hydrogen-bond donors (Lipinski definition) is 2. The van der Waals surface area contributed by atoms with Crippen LogP contribution in [0.1, 0.15) is 75.1 Å². The Labute approximate surface area is 161 Å². The third-order valence-corrected chi connectivity index (χ3v) is 5.39. The van der Waals surface area contributed by atoms with Crippen LogP contribution in [0.15, 0.2) is 24.3 Å². The molecule has 6 nitrogen and oxygen atoms in total. The Morgan fingerprint density at radius 1 is 1.26 bits per heavy atom. The molecule has 6 heteroatoms. The van der Waals surface area contributed by atoms with Gasteiger partial charge in [-0.2, -0.15) is 0 Å². The van der Waals surface area contributed by atoms with E-state index in [9.17, 15) is 4.79 Å². The summed E-state index contributed by atoms with van der Waals surface area (Å²) < 4.78 is 1.78. The van der Waals surface area contributed by atoms with E-state index >= 15 is 0 Å². The van der Waals surface area contributed by atoms with E-state index in [2.05, 4.69) is 55.5 Å². The summed E-state index contributed by atoms with van der Waals surface area (Å²) in [7, 11) is 0. The lowest BCUT2D eigenvalue weighted by molar-refractivity contribution is 0.0923. The zero-order valence-corrected chi connectivity index (χ0v) is 16.9. The quantitative estimate of drug-likeness (QED) is 0.819. The zero-order chi connectivity index (χ0) is 19.7. The molecule has 1 aliphatic carbocycles. The van der Waals surface area contributed by atoms with Crippen LogP contribution in [0.5, 0.6) is 0 Å². The van der Waals surface area contributed by atoms with Crippen molar-refractivity contribution in [2.75, 3.05) is 6.54 Å². The maximum atomic E-state index is 12.7. The minimum Gasteiger partial charge on any atom is -0.349 e. The fourth-order valence-corrected chi connectivity index (χ4v) is 3.40. The first kappa shape index (κ1) is 19.5. The lowest BCUT2D eigenvalue weighted by Gasteiger charge is -2.38. The van der Waals surface area contributed by atoms with E-state index in [1.807, 2.05) is 12.1 Å². The summed E-state index contributed by atoms with van der Waals surface area (Å²) in [6.45, 7) is 9.15. The summed E-state index contributed by atoms with van der Waals surface area (Å²) in [5.74, 6) is -0.187. The zero-order valence-electron chi connectivity index (χ0n) is 16.9. The molecule has 27 heavy (non-hydrogen) atoms. The molecule has 0 atom stereocenters. The average Bonchev–Trinajstić information content (AvgIpc) is 3.01. The second kappa shape index (κ2) is 7.43. The molecule has 0 radical (unpaired) electrons. The molecule has 1 amide bonds. The van der Waals surface area contributed by atoms with Gasteiger partial charge in [-0.3, -0.25) is 4.79 Å². The van der Waals surface area contributed by atoms with Gasteiger partial charge >= 0.3 is 0 Å². The molecule has 0 aliphatic heterocycles. The summed E-state index contributed by atoms with van der Waals surface area (Å²) in [5.41, 5.74) is 9.49. The number of nitrogens with zero attached hydrogens (tertiary/aromatic N) is 3. The van der Waals surface area contributed by atoms with E-state index in [1.54, 1.807) is 4.68 Å². The molecule has 0 bridgehead atoms. The molecule has 1 aromatic carbocycles. The predicted octanol–water partition coefficient (Wildman–Crippen LogP) is 3.13. The predicted molar refractivity (Wildman–Crippen MR) is 107 cm³/mol. The van der Waals surface area contributed by atoms with Crippen molar-refractivity contribution in [2.24, 2.45) is 5.73 Å². The molecule has 3 rings (SSSR count). The van der Waals surface area contributed by atoms with Gasteiger partial charge in [0.1, 0.15) is 0 Å². The first-order valence-electron chi connectivity index (χ1n) is 9.86. The molecule has 1 saturated carbocycles. The summed E-state index contributed by atoms with van der Waals surface area (Å²) in [6.07, 6.45) is 4.71. The molecule has 0 unspecified atom stereocenters. The van der Waals surface area contributed by atoms with Gasteiger partial charge in [-0.25, -0.2) is 4.68 Å². The third kappa shape index (κ3) is 4.21. The molecule has 0 spiro atoms. The highest BCUT2D eigenvalue weighted by molar-refractivity contribution is 5.93. The van der Waals surface area contributed by atoms with Gasteiger partial charge in [-0.1, -0.05) is 51.5 Å². The lowest BCUT2D eigenvalue weighted by Crippen LogP contribution is -2.55. The molecule has 1 heterocycles. The Balaban J connectivity index is 1.83. The molecule has 2 aromatic rings. The molecule has 1 fully saturated rings. The van der Waals surface area contributed by atoms with E-state index in [0.29, 0.717) is 12.2 Å². The van der Waals surface area contributed by atoms with Crippen molar-refractivity contribution in [1.29, 1.82) is 0 Å². The number of nitrogens with two attached hydrogens (primary N) is 1. The van der Waals surface area contributed by atoms with Gasteiger partial charge in [0.05, 0.1) is 11.4 Å². The SMILES string of the molecule is CCCc1c(C(=O)NCC2(N)CCC2)nnn1-c1ccc(C(C)(C)C)cc1. The monoisotopic (exact) mass is 369 g/mol. The van der Waals surface area contributed by atoms with Crippen molar-refractivity contribution in [3.8, 4) is 5.69 Å². The fourth-order valence-electron chi connectivity index (χ4n) is 3.40. The first-order chi connectivity index (χ1) is 12.7. The average molecular weight is 370 g/mol. The van der Waals surface area contributed by atoms with Gasteiger partial charge in [0.2, 0.25) is 0 Å². The van der Waals surface area contributed by atoms with Gasteiger partial charge in [0.25, 0.3) is 5.91 Å². The maximum absolute atomic E-state index is 12.7. The van der Waals surface area contributed by atoms with E-state index < -0.39 is 0 Å². The van der Waals surface area contributed by atoms with Gasteiger partial charge in [0, 0.05) is 12.1 Å². The fraction of sp³-hybridized carbons (Fsp3) is 0.571. The number of hydrogen-bond acceptors (Lipinski definition) is 4. The van der Waals surface area contributed by atoms with Crippen molar-refractivity contribution >= 4 is 5.91 Å². The minimum atomic E-state index is -0.251. The number of carbonyl (C=O) groups is 1. The molecular weight excluding hydrogens is 338 g/mol. The van der Waals surface area contributed by atoms with E-state index in [0.717, 1.165) is 43.5 Å².